The van der Waals surface area contributed by atoms with Crippen LogP contribution in [0.2, 0.25) is 0 Å². The van der Waals surface area contributed by atoms with Crippen LogP contribution in [0.3, 0.4) is 0 Å². The number of unbranched alkanes of at least 4 members (excludes halogenated alkanes) is 5. The lowest BCUT2D eigenvalue weighted by molar-refractivity contribution is -0.380. The van der Waals surface area contributed by atoms with Crippen LogP contribution in [-0.4, -0.2) is 38.4 Å². The fraction of sp³-hybridized carbons (Fsp3) is 0.760. The SMILES string of the molecule is CCOC(CCCCCCCC[C@H](CCCN)Nc1ccccc1)(OCC)OCC. The summed E-state index contributed by atoms with van der Waals surface area (Å²) in [5.41, 5.74) is 6.93. The van der Waals surface area contributed by atoms with Crippen molar-refractivity contribution in [3.8, 4) is 0 Å². The monoisotopic (exact) mass is 422 g/mol. The molecule has 0 spiro atoms. The molecule has 1 rings (SSSR count). The third-order valence-electron chi connectivity index (χ3n) is 5.28. The van der Waals surface area contributed by atoms with Gasteiger partial charge < -0.3 is 25.3 Å². The summed E-state index contributed by atoms with van der Waals surface area (Å²) in [6, 6.07) is 11.0. The molecule has 1 aromatic rings. The van der Waals surface area contributed by atoms with Crippen LogP contribution in [0.4, 0.5) is 5.69 Å². The maximum atomic E-state index is 5.80. The van der Waals surface area contributed by atoms with Crippen molar-refractivity contribution in [3.63, 3.8) is 0 Å². The summed E-state index contributed by atoms with van der Waals surface area (Å²) in [5, 5.41) is 3.68. The van der Waals surface area contributed by atoms with E-state index in [2.05, 4.69) is 35.6 Å². The minimum absolute atomic E-state index is 0.514. The molecule has 1 atom stereocenters. The van der Waals surface area contributed by atoms with Crippen LogP contribution in [0.5, 0.6) is 0 Å². The summed E-state index contributed by atoms with van der Waals surface area (Å²) >= 11 is 0. The standard InChI is InChI=1S/C25H46N2O3/c1-4-28-25(29-5-2,30-6-3)21-15-10-8-7-9-12-17-24(20-16-22-26)27-23-18-13-11-14-19-23/h11,13-14,18-19,24,27H,4-10,12,15-17,20-22,26H2,1-3H3/t24-/m1/s1. The third-order valence-corrected chi connectivity index (χ3v) is 5.28. The second-order valence-electron chi connectivity index (χ2n) is 7.78. The highest BCUT2D eigenvalue weighted by atomic mass is 16.9. The van der Waals surface area contributed by atoms with Crippen molar-refractivity contribution >= 4 is 5.69 Å². The molecule has 1 aromatic carbocycles. The molecule has 5 nitrogen and oxygen atoms in total. The van der Waals surface area contributed by atoms with Gasteiger partial charge in [-0.15, -0.1) is 0 Å². The Morgan fingerprint density at radius 2 is 1.30 bits per heavy atom. The number of nitrogens with one attached hydrogen (secondary N) is 1. The maximum absolute atomic E-state index is 5.80. The molecule has 0 unspecified atom stereocenters. The Bertz CT molecular complexity index is 481. The number of rotatable bonds is 20. The van der Waals surface area contributed by atoms with Gasteiger partial charge >= 0.3 is 0 Å². The number of hydrogen-bond donors (Lipinski definition) is 2. The summed E-state index contributed by atoms with van der Waals surface area (Å²) < 4.78 is 17.4. The lowest BCUT2D eigenvalue weighted by Gasteiger charge is -2.32. The first-order valence-corrected chi connectivity index (χ1v) is 12.1. The molecule has 0 aliphatic carbocycles. The minimum Gasteiger partial charge on any atom is -0.382 e. The fourth-order valence-electron chi connectivity index (χ4n) is 3.86. The van der Waals surface area contributed by atoms with Crippen molar-refractivity contribution in [3.05, 3.63) is 30.3 Å². The predicted molar refractivity (Wildman–Crippen MR) is 127 cm³/mol. The van der Waals surface area contributed by atoms with E-state index < -0.39 is 5.97 Å². The molecule has 0 fully saturated rings. The second-order valence-corrected chi connectivity index (χ2v) is 7.78. The highest BCUT2D eigenvalue weighted by Crippen LogP contribution is 2.24. The molecule has 174 valence electrons. The molecule has 0 aliphatic heterocycles. The Kier molecular flexibility index (Phi) is 15.7. The maximum Gasteiger partial charge on any atom is 0.282 e. The van der Waals surface area contributed by atoms with E-state index in [1.54, 1.807) is 0 Å². The molecule has 30 heavy (non-hydrogen) atoms. The number of ether oxygens (including phenoxy) is 3. The summed E-state index contributed by atoms with van der Waals surface area (Å²) in [4.78, 5) is 0. The van der Waals surface area contributed by atoms with E-state index in [1.807, 2.05) is 20.8 Å². The smallest absolute Gasteiger partial charge is 0.282 e. The lowest BCUT2D eigenvalue weighted by atomic mass is 10.0. The Morgan fingerprint density at radius 1 is 0.767 bits per heavy atom. The van der Waals surface area contributed by atoms with Crippen molar-refractivity contribution in [2.24, 2.45) is 5.73 Å². The third kappa shape index (κ3) is 11.9. The Hall–Kier alpha value is -1.14. The van der Waals surface area contributed by atoms with Crippen LogP contribution in [0.25, 0.3) is 0 Å². The van der Waals surface area contributed by atoms with E-state index >= 15 is 0 Å². The average Bonchev–Trinajstić information content (AvgIpc) is 2.75. The zero-order chi connectivity index (χ0) is 21.9. The first-order valence-electron chi connectivity index (χ1n) is 12.1. The van der Waals surface area contributed by atoms with Crippen LogP contribution in [0, 0.1) is 0 Å². The molecule has 0 aromatic heterocycles. The van der Waals surface area contributed by atoms with E-state index in [4.69, 9.17) is 19.9 Å². The van der Waals surface area contributed by atoms with Crippen molar-refractivity contribution in [2.75, 3.05) is 31.7 Å². The molecule has 0 saturated carbocycles. The molecule has 0 bridgehead atoms. The molecule has 0 amide bonds. The summed E-state index contributed by atoms with van der Waals surface area (Å²) in [5.74, 6) is -0.850. The van der Waals surface area contributed by atoms with Crippen LogP contribution >= 0.6 is 0 Å². The van der Waals surface area contributed by atoms with Gasteiger partial charge in [0, 0.05) is 38.0 Å². The minimum atomic E-state index is -0.850. The number of hydrogen-bond acceptors (Lipinski definition) is 5. The number of nitrogens with two attached hydrogens (primary N) is 1. The van der Waals surface area contributed by atoms with Gasteiger partial charge in [-0.05, 0) is 65.1 Å². The molecule has 0 aliphatic rings. The van der Waals surface area contributed by atoms with Gasteiger partial charge in [0.1, 0.15) is 0 Å². The number of benzene rings is 1. The molecular formula is C25H46N2O3. The molecule has 0 heterocycles. The zero-order valence-corrected chi connectivity index (χ0v) is 19.7. The first-order chi connectivity index (χ1) is 14.7. The average molecular weight is 423 g/mol. The fourth-order valence-corrected chi connectivity index (χ4v) is 3.86. The van der Waals surface area contributed by atoms with E-state index in [-0.39, 0.29) is 0 Å². The van der Waals surface area contributed by atoms with Crippen LogP contribution in [0.1, 0.15) is 85.0 Å². The van der Waals surface area contributed by atoms with Crippen LogP contribution < -0.4 is 11.1 Å². The highest BCUT2D eigenvalue weighted by molar-refractivity contribution is 5.43. The summed E-state index contributed by atoms with van der Waals surface area (Å²) in [7, 11) is 0. The van der Waals surface area contributed by atoms with E-state index in [0.717, 1.165) is 32.2 Å². The molecule has 0 saturated heterocycles. The summed E-state index contributed by atoms with van der Waals surface area (Å²) in [6.45, 7) is 8.52. The van der Waals surface area contributed by atoms with Crippen LogP contribution in [-0.2, 0) is 14.2 Å². The van der Waals surface area contributed by atoms with Crippen molar-refractivity contribution in [1.29, 1.82) is 0 Å². The van der Waals surface area contributed by atoms with Gasteiger partial charge in [0.2, 0.25) is 0 Å². The van der Waals surface area contributed by atoms with Gasteiger partial charge in [0.15, 0.2) is 0 Å². The van der Waals surface area contributed by atoms with Gasteiger partial charge in [-0.2, -0.15) is 0 Å². The lowest BCUT2D eigenvalue weighted by Crippen LogP contribution is -2.39. The van der Waals surface area contributed by atoms with Crippen molar-refractivity contribution in [2.45, 2.75) is 97.0 Å². The topological polar surface area (TPSA) is 65.7 Å². The van der Waals surface area contributed by atoms with Crippen molar-refractivity contribution in [1.82, 2.24) is 0 Å². The second kappa shape index (κ2) is 17.5. The van der Waals surface area contributed by atoms with E-state index in [1.165, 1.54) is 44.2 Å². The van der Waals surface area contributed by atoms with Gasteiger partial charge in [0.05, 0.1) is 0 Å². The predicted octanol–water partition coefficient (Wildman–Crippen LogP) is 6.09. The van der Waals surface area contributed by atoms with Gasteiger partial charge in [-0.3, -0.25) is 0 Å². The van der Waals surface area contributed by atoms with Crippen LogP contribution in [0.15, 0.2) is 30.3 Å². The number of para-hydroxylation sites is 1. The highest BCUT2D eigenvalue weighted by Gasteiger charge is 2.31. The Morgan fingerprint density at radius 3 is 1.87 bits per heavy atom. The molecule has 0 radical (unpaired) electrons. The van der Waals surface area contributed by atoms with Gasteiger partial charge in [-0.1, -0.05) is 50.3 Å². The normalized spacial score (nSPS) is 12.8. The number of anilines is 1. The summed E-state index contributed by atoms with van der Waals surface area (Å²) in [6.07, 6.45) is 11.5. The van der Waals surface area contributed by atoms with Crippen molar-refractivity contribution < 1.29 is 14.2 Å². The van der Waals surface area contributed by atoms with Gasteiger partial charge in [0.25, 0.3) is 5.97 Å². The molecule has 5 heteroatoms. The molecular weight excluding hydrogens is 376 g/mol. The van der Waals surface area contributed by atoms with Gasteiger partial charge in [-0.25, -0.2) is 0 Å². The molecule has 3 N–H and O–H groups in total. The first kappa shape index (κ1) is 26.9. The Labute approximate surface area is 185 Å². The Balaban J connectivity index is 2.23. The van der Waals surface area contributed by atoms with E-state index in [0.29, 0.717) is 25.9 Å². The largest absolute Gasteiger partial charge is 0.382 e. The van der Waals surface area contributed by atoms with E-state index in [9.17, 15) is 0 Å². The zero-order valence-electron chi connectivity index (χ0n) is 19.7. The quantitative estimate of drug-likeness (QED) is 0.197.